The summed E-state index contributed by atoms with van der Waals surface area (Å²) < 4.78 is 1.58. The molecule has 1 amide bonds. The molecule has 0 unspecified atom stereocenters. The van der Waals surface area contributed by atoms with Gasteiger partial charge in [-0.3, -0.25) is 14.5 Å². The molecule has 128 valence electrons. The van der Waals surface area contributed by atoms with Crippen LogP contribution < -0.4 is 10.9 Å². The summed E-state index contributed by atoms with van der Waals surface area (Å²) in [6.07, 6.45) is 5.91. The van der Waals surface area contributed by atoms with Gasteiger partial charge in [-0.2, -0.15) is 0 Å². The van der Waals surface area contributed by atoms with Crippen molar-refractivity contribution in [1.29, 1.82) is 0 Å². The normalized spacial score (nSPS) is 22.0. The van der Waals surface area contributed by atoms with Gasteiger partial charge in [0.15, 0.2) is 0 Å². The third-order valence-corrected chi connectivity index (χ3v) is 4.77. The van der Waals surface area contributed by atoms with E-state index < -0.39 is 0 Å². The maximum absolute atomic E-state index is 12.3. The molecule has 0 bridgehead atoms. The Morgan fingerprint density at radius 1 is 1.39 bits per heavy atom. The quantitative estimate of drug-likeness (QED) is 0.815. The molecule has 1 aromatic heterocycles. The van der Waals surface area contributed by atoms with E-state index in [0.29, 0.717) is 6.04 Å². The molecule has 0 radical (unpaired) electrons. The molecule has 1 aliphatic heterocycles. The zero-order valence-electron chi connectivity index (χ0n) is 14.5. The predicted octanol–water partition coefficient (Wildman–Crippen LogP) is 1.90. The smallest absolute Gasteiger partial charge is 0.250 e. The van der Waals surface area contributed by atoms with Crippen LogP contribution in [-0.4, -0.2) is 34.5 Å². The van der Waals surface area contributed by atoms with E-state index in [0.717, 1.165) is 50.9 Å². The number of unbranched alkanes of at least 4 members (excludes halogenated alkanes) is 1. The number of rotatable bonds is 6. The number of likely N-dealkylation sites (tertiary alicyclic amines) is 1. The van der Waals surface area contributed by atoms with Gasteiger partial charge in [0.2, 0.25) is 5.91 Å². The first-order valence-corrected chi connectivity index (χ1v) is 8.68. The van der Waals surface area contributed by atoms with Crippen LogP contribution in [0.5, 0.6) is 0 Å². The second-order valence-electron chi connectivity index (χ2n) is 6.68. The molecule has 23 heavy (non-hydrogen) atoms. The minimum atomic E-state index is 0.0148. The Balaban J connectivity index is 1.96. The van der Waals surface area contributed by atoms with Gasteiger partial charge in [-0.1, -0.05) is 13.3 Å². The van der Waals surface area contributed by atoms with Crippen molar-refractivity contribution in [2.75, 3.05) is 13.1 Å². The molecule has 5 nitrogen and oxygen atoms in total. The van der Waals surface area contributed by atoms with Crippen LogP contribution in [0.4, 0.5) is 0 Å². The van der Waals surface area contributed by atoms with Gasteiger partial charge in [0, 0.05) is 45.0 Å². The fourth-order valence-electron chi connectivity index (χ4n) is 3.07. The summed E-state index contributed by atoms with van der Waals surface area (Å²) in [6, 6.07) is 4.12. The molecule has 5 heteroatoms. The Kier molecular flexibility index (Phi) is 6.39. The Bertz CT molecular complexity index is 582. The van der Waals surface area contributed by atoms with Crippen LogP contribution >= 0.6 is 0 Å². The summed E-state index contributed by atoms with van der Waals surface area (Å²) >= 11 is 0. The molecule has 1 fully saturated rings. The largest absolute Gasteiger partial charge is 0.356 e. The maximum atomic E-state index is 12.3. The Morgan fingerprint density at radius 2 is 2.17 bits per heavy atom. The summed E-state index contributed by atoms with van der Waals surface area (Å²) in [6.45, 7) is 6.60. The van der Waals surface area contributed by atoms with Crippen molar-refractivity contribution in [1.82, 2.24) is 14.8 Å². The fraction of sp³-hybridized carbons (Fsp3) is 0.667. The zero-order valence-corrected chi connectivity index (χ0v) is 14.5. The predicted molar refractivity (Wildman–Crippen MR) is 92.2 cm³/mol. The maximum Gasteiger partial charge on any atom is 0.250 e. The lowest BCUT2D eigenvalue weighted by molar-refractivity contribution is -0.127. The number of hydrogen-bond acceptors (Lipinski definition) is 3. The van der Waals surface area contributed by atoms with E-state index in [2.05, 4.69) is 24.1 Å². The van der Waals surface area contributed by atoms with E-state index in [1.165, 1.54) is 0 Å². The number of nitrogens with zero attached hydrogens (tertiary/aromatic N) is 2. The summed E-state index contributed by atoms with van der Waals surface area (Å²) in [7, 11) is 1.76. The highest BCUT2D eigenvalue weighted by atomic mass is 16.2. The topological polar surface area (TPSA) is 54.3 Å². The first-order valence-electron chi connectivity index (χ1n) is 8.68. The van der Waals surface area contributed by atoms with Crippen molar-refractivity contribution in [3.05, 3.63) is 34.2 Å². The van der Waals surface area contributed by atoms with Crippen LogP contribution in [0.15, 0.2) is 23.1 Å². The van der Waals surface area contributed by atoms with E-state index >= 15 is 0 Å². The molecule has 1 aromatic rings. The third-order valence-electron chi connectivity index (χ3n) is 4.77. The van der Waals surface area contributed by atoms with Crippen molar-refractivity contribution in [3.63, 3.8) is 0 Å². The van der Waals surface area contributed by atoms with Crippen molar-refractivity contribution in [2.45, 2.75) is 52.1 Å². The summed E-state index contributed by atoms with van der Waals surface area (Å²) in [5.74, 6) is 0.244. The highest BCUT2D eigenvalue weighted by Crippen LogP contribution is 2.23. The molecule has 1 saturated heterocycles. The second-order valence-corrected chi connectivity index (χ2v) is 6.68. The fourth-order valence-corrected chi connectivity index (χ4v) is 3.07. The lowest BCUT2D eigenvalue weighted by Gasteiger charge is -2.37. The minimum Gasteiger partial charge on any atom is -0.356 e. The van der Waals surface area contributed by atoms with Crippen molar-refractivity contribution in [2.24, 2.45) is 13.0 Å². The van der Waals surface area contributed by atoms with Crippen molar-refractivity contribution in [3.8, 4) is 0 Å². The molecule has 2 atom stereocenters. The molecule has 0 aliphatic carbocycles. The first kappa shape index (κ1) is 17.7. The summed E-state index contributed by atoms with van der Waals surface area (Å²) in [5, 5.41) is 3.05. The average Bonchev–Trinajstić information content (AvgIpc) is 2.53. The van der Waals surface area contributed by atoms with E-state index in [9.17, 15) is 9.59 Å². The lowest BCUT2D eigenvalue weighted by atomic mass is 9.92. The molecule has 1 N–H and O–H groups in total. The van der Waals surface area contributed by atoms with Gasteiger partial charge in [-0.25, -0.2) is 0 Å². The van der Waals surface area contributed by atoms with Crippen LogP contribution in [0.25, 0.3) is 0 Å². The van der Waals surface area contributed by atoms with Crippen LogP contribution in [0.1, 0.15) is 45.1 Å². The standard InChI is InChI=1S/C18H29N3O2/c1-4-5-9-19-18(23)16-7-6-14(2)21(13-16)12-15-8-10-20(3)17(22)11-15/h8,10-11,14,16H,4-7,9,12-13H2,1-3H3,(H,19,23)/t14-,16-/m0/s1. The zero-order chi connectivity index (χ0) is 16.8. The van der Waals surface area contributed by atoms with Gasteiger partial charge in [-0.05, 0) is 37.8 Å². The highest BCUT2D eigenvalue weighted by Gasteiger charge is 2.29. The summed E-state index contributed by atoms with van der Waals surface area (Å²) in [5.41, 5.74) is 1.04. The molecule has 1 aliphatic rings. The van der Waals surface area contributed by atoms with Gasteiger partial charge in [0.05, 0.1) is 5.92 Å². The minimum absolute atomic E-state index is 0.0148. The van der Waals surface area contributed by atoms with Crippen LogP contribution in [0.3, 0.4) is 0 Å². The van der Waals surface area contributed by atoms with Gasteiger partial charge in [0.1, 0.15) is 0 Å². The Hall–Kier alpha value is -1.62. The number of nitrogens with one attached hydrogen (secondary N) is 1. The van der Waals surface area contributed by atoms with E-state index in [1.54, 1.807) is 23.9 Å². The number of hydrogen-bond donors (Lipinski definition) is 1. The van der Waals surface area contributed by atoms with Crippen molar-refractivity contribution < 1.29 is 4.79 Å². The molecule has 0 aromatic carbocycles. The number of pyridine rings is 1. The van der Waals surface area contributed by atoms with Crippen LogP contribution in [0, 0.1) is 5.92 Å². The molecule has 2 heterocycles. The number of carbonyl (C=O) groups excluding carboxylic acids is 1. The van der Waals surface area contributed by atoms with Gasteiger partial charge < -0.3 is 9.88 Å². The molecular formula is C18H29N3O2. The second kappa shape index (κ2) is 8.29. The Labute approximate surface area is 138 Å². The lowest BCUT2D eigenvalue weighted by Crippen LogP contribution is -2.46. The van der Waals surface area contributed by atoms with Gasteiger partial charge >= 0.3 is 0 Å². The van der Waals surface area contributed by atoms with Gasteiger partial charge in [-0.15, -0.1) is 0 Å². The molecule has 0 spiro atoms. The van der Waals surface area contributed by atoms with Crippen LogP contribution in [0.2, 0.25) is 0 Å². The van der Waals surface area contributed by atoms with Crippen LogP contribution in [-0.2, 0) is 18.4 Å². The van der Waals surface area contributed by atoms with E-state index in [4.69, 9.17) is 0 Å². The molecule has 2 rings (SSSR count). The molecule has 0 saturated carbocycles. The van der Waals surface area contributed by atoms with E-state index in [-0.39, 0.29) is 17.4 Å². The number of carbonyl (C=O) groups is 1. The Morgan fingerprint density at radius 3 is 2.87 bits per heavy atom. The SMILES string of the molecule is CCCCNC(=O)[C@H]1CC[C@H](C)N(Cc2ccn(C)c(=O)c2)C1. The average molecular weight is 319 g/mol. The van der Waals surface area contributed by atoms with Gasteiger partial charge in [0.25, 0.3) is 5.56 Å². The number of amides is 1. The highest BCUT2D eigenvalue weighted by molar-refractivity contribution is 5.78. The number of aryl methyl sites for hydroxylation is 1. The number of piperidine rings is 1. The summed E-state index contributed by atoms with van der Waals surface area (Å²) in [4.78, 5) is 26.4. The van der Waals surface area contributed by atoms with Crippen molar-refractivity contribution >= 4 is 5.91 Å². The molecular weight excluding hydrogens is 290 g/mol. The number of aromatic nitrogens is 1. The monoisotopic (exact) mass is 319 g/mol. The third kappa shape index (κ3) is 4.93. The van der Waals surface area contributed by atoms with E-state index in [1.807, 2.05) is 6.07 Å². The first-order chi connectivity index (χ1) is 11.0.